The minimum Gasteiger partial charge on any atom is -0.456 e. The molecule has 32 heavy (non-hydrogen) atoms. The summed E-state index contributed by atoms with van der Waals surface area (Å²) in [5.41, 5.74) is 1.71. The van der Waals surface area contributed by atoms with E-state index < -0.39 is 15.4 Å². The Kier molecular flexibility index (Phi) is 6.63. The molecule has 8 heteroatoms. The molecule has 0 N–H and O–H groups in total. The first-order chi connectivity index (χ1) is 14.9. The van der Waals surface area contributed by atoms with Gasteiger partial charge in [-0.05, 0) is 55.3 Å². The summed E-state index contributed by atoms with van der Waals surface area (Å²) in [4.78, 5) is 14.2. The number of aryl methyl sites for hydroxylation is 2. The Morgan fingerprint density at radius 3 is 2.12 bits per heavy atom. The molecule has 1 saturated heterocycles. The fourth-order valence-electron chi connectivity index (χ4n) is 3.73. The molecule has 1 aliphatic heterocycles. The van der Waals surface area contributed by atoms with Gasteiger partial charge >= 0.3 is 0 Å². The van der Waals surface area contributed by atoms with E-state index in [-0.39, 0.29) is 35.2 Å². The summed E-state index contributed by atoms with van der Waals surface area (Å²) in [7, 11) is -3.93. The van der Waals surface area contributed by atoms with Crippen LogP contribution in [0.5, 0.6) is 11.5 Å². The predicted molar refractivity (Wildman–Crippen MR) is 122 cm³/mol. The summed E-state index contributed by atoms with van der Waals surface area (Å²) >= 11 is 0. The summed E-state index contributed by atoms with van der Waals surface area (Å²) in [5, 5.41) is 9.32. The molecule has 0 radical (unpaired) electrons. The van der Waals surface area contributed by atoms with Crippen molar-refractivity contribution in [3.8, 4) is 17.6 Å². The third kappa shape index (κ3) is 5.12. The zero-order valence-corrected chi connectivity index (χ0v) is 20.0. The molecule has 2 aromatic carbocycles. The van der Waals surface area contributed by atoms with E-state index in [1.165, 1.54) is 22.5 Å². The van der Waals surface area contributed by atoms with Gasteiger partial charge in [0.05, 0.1) is 11.6 Å². The smallest absolute Gasteiger partial charge is 0.246 e. The summed E-state index contributed by atoms with van der Waals surface area (Å²) in [6.07, 6.45) is 0. The number of hydrogen-bond donors (Lipinski definition) is 0. The zero-order valence-electron chi connectivity index (χ0n) is 19.2. The molecule has 3 rings (SSSR count). The standard InChI is InChI=1S/C24H29N3O4S/c1-17-12-18(2)14-20(13-17)31-21-7-6-19(16-25)15-22(21)32(29,30)27-10-8-26(9-11-27)23(28)24(3,4)5/h6-7,12-15H,8-11H2,1-5H3. The van der Waals surface area contributed by atoms with E-state index in [2.05, 4.69) is 0 Å². The number of benzene rings is 2. The van der Waals surface area contributed by atoms with Crippen LogP contribution >= 0.6 is 0 Å². The fourth-order valence-corrected chi connectivity index (χ4v) is 5.29. The number of carbonyl (C=O) groups is 1. The number of rotatable bonds is 4. The normalized spacial score (nSPS) is 15.3. The van der Waals surface area contributed by atoms with Crippen LogP contribution in [-0.4, -0.2) is 49.7 Å². The van der Waals surface area contributed by atoms with Crippen molar-refractivity contribution in [2.24, 2.45) is 5.41 Å². The van der Waals surface area contributed by atoms with Crippen molar-refractivity contribution >= 4 is 15.9 Å². The number of nitrogens with zero attached hydrogens (tertiary/aromatic N) is 3. The van der Waals surface area contributed by atoms with Gasteiger partial charge in [0, 0.05) is 31.6 Å². The second-order valence-corrected chi connectivity index (χ2v) is 11.1. The summed E-state index contributed by atoms with van der Waals surface area (Å²) < 4.78 is 34.3. The topological polar surface area (TPSA) is 90.7 Å². The van der Waals surface area contributed by atoms with E-state index in [9.17, 15) is 18.5 Å². The second-order valence-electron chi connectivity index (χ2n) is 9.15. The van der Waals surface area contributed by atoms with Crippen LogP contribution in [0, 0.1) is 30.6 Å². The number of nitriles is 1. The molecule has 7 nitrogen and oxygen atoms in total. The van der Waals surface area contributed by atoms with E-state index >= 15 is 0 Å². The molecule has 1 fully saturated rings. The van der Waals surface area contributed by atoms with Gasteiger partial charge in [-0.1, -0.05) is 26.8 Å². The van der Waals surface area contributed by atoms with Gasteiger partial charge < -0.3 is 9.64 Å². The van der Waals surface area contributed by atoms with Gasteiger partial charge in [-0.3, -0.25) is 4.79 Å². The van der Waals surface area contributed by atoms with Crippen molar-refractivity contribution in [3.63, 3.8) is 0 Å². The summed E-state index contributed by atoms with van der Waals surface area (Å²) in [5.74, 6) is 0.700. The molecule has 0 aromatic heterocycles. The van der Waals surface area contributed by atoms with Crippen LogP contribution in [0.15, 0.2) is 41.3 Å². The van der Waals surface area contributed by atoms with Gasteiger partial charge in [0.1, 0.15) is 16.4 Å². The first-order valence-electron chi connectivity index (χ1n) is 10.5. The quantitative estimate of drug-likeness (QED) is 0.698. The van der Waals surface area contributed by atoms with Crippen LogP contribution in [0.4, 0.5) is 0 Å². The lowest BCUT2D eigenvalue weighted by atomic mass is 9.94. The predicted octanol–water partition coefficient (Wildman–Crippen LogP) is 3.85. The highest BCUT2D eigenvalue weighted by molar-refractivity contribution is 7.89. The Bertz CT molecular complexity index is 1150. The highest BCUT2D eigenvalue weighted by Crippen LogP contribution is 2.33. The molecule has 0 spiro atoms. The number of sulfonamides is 1. The number of amides is 1. The maximum absolute atomic E-state index is 13.5. The highest BCUT2D eigenvalue weighted by Gasteiger charge is 2.35. The van der Waals surface area contributed by atoms with Crippen molar-refractivity contribution in [2.75, 3.05) is 26.2 Å². The Hall–Kier alpha value is -2.89. The lowest BCUT2D eigenvalue weighted by molar-refractivity contribution is -0.140. The lowest BCUT2D eigenvalue weighted by Gasteiger charge is -2.37. The molecular formula is C24H29N3O4S. The van der Waals surface area contributed by atoms with Gasteiger partial charge in [0.2, 0.25) is 15.9 Å². The Labute approximate surface area is 190 Å². The average molecular weight is 456 g/mol. The van der Waals surface area contributed by atoms with E-state index in [4.69, 9.17) is 4.74 Å². The fraction of sp³-hybridized carbons (Fsp3) is 0.417. The van der Waals surface area contributed by atoms with Gasteiger partial charge in [0.15, 0.2) is 0 Å². The Morgan fingerprint density at radius 1 is 1.00 bits per heavy atom. The second kappa shape index (κ2) is 8.93. The van der Waals surface area contributed by atoms with Gasteiger partial charge in [-0.2, -0.15) is 9.57 Å². The van der Waals surface area contributed by atoms with E-state index in [1.54, 1.807) is 4.90 Å². The first-order valence-corrected chi connectivity index (χ1v) is 12.0. The molecule has 170 valence electrons. The number of piperazine rings is 1. The van der Waals surface area contributed by atoms with Crippen LogP contribution in [0.1, 0.15) is 37.5 Å². The van der Waals surface area contributed by atoms with Crippen LogP contribution in [0.2, 0.25) is 0 Å². The molecule has 0 atom stereocenters. The van der Waals surface area contributed by atoms with Gasteiger partial charge in [0.25, 0.3) is 0 Å². The van der Waals surface area contributed by atoms with Crippen molar-refractivity contribution in [3.05, 3.63) is 53.1 Å². The van der Waals surface area contributed by atoms with Crippen molar-refractivity contribution in [1.82, 2.24) is 9.21 Å². The SMILES string of the molecule is Cc1cc(C)cc(Oc2ccc(C#N)cc2S(=O)(=O)N2CCN(C(=O)C(C)(C)C)CC2)c1. The summed E-state index contributed by atoms with van der Waals surface area (Å²) in [6.45, 7) is 10.4. The Balaban J connectivity index is 1.90. The zero-order chi connectivity index (χ0) is 23.7. The highest BCUT2D eigenvalue weighted by atomic mass is 32.2. The van der Waals surface area contributed by atoms with Gasteiger partial charge in [-0.15, -0.1) is 0 Å². The maximum Gasteiger partial charge on any atom is 0.246 e. The third-order valence-electron chi connectivity index (χ3n) is 5.28. The maximum atomic E-state index is 13.5. The molecule has 0 bridgehead atoms. The summed E-state index contributed by atoms with van der Waals surface area (Å²) in [6, 6.07) is 12.1. The monoisotopic (exact) mass is 455 g/mol. The Morgan fingerprint density at radius 2 is 1.59 bits per heavy atom. The van der Waals surface area contributed by atoms with Crippen molar-refractivity contribution < 1.29 is 17.9 Å². The van der Waals surface area contributed by atoms with Gasteiger partial charge in [-0.25, -0.2) is 8.42 Å². The van der Waals surface area contributed by atoms with E-state index in [0.29, 0.717) is 18.8 Å². The minimum atomic E-state index is -3.93. The first kappa shape index (κ1) is 23.8. The molecular weight excluding hydrogens is 426 g/mol. The molecule has 0 unspecified atom stereocenters. The number of ether oxygens (including phenoxy) is 1. The number of hydrogen-bond acceptors (Lipinski definition) is 5. The van der Waals surface area contributed by atoms with Crippen LogP contribution < -0.4 is 4.74 Å². The van der Waals surface area contributed by atoms with Crippen LogP contribution in [0.25, 0.3) is 0 Å². The van der Waals surface area contributed by atoms with E-state index in [1.807, 2.05) is 58.9 Å². The minimum absolute atomic E-state index is 0.000125. The molecule has 2 aromatic rings. The van der Waals surface area contributed by atoms with Crippen LogP contribution in [-0.2, 0) is 14.8 Å². The molecule has 1 amide bonds. The molecule has 0 saturated carbocycles. The van der Waals surface area contributed by atoms with Crippen molar-refractivity contribution in [2.45, 2.75) is 39.5 Å². The molecule has 1 heterocycles. The molecule has 1 aliphatic rings. The third-order valence-corrected chi connectivity index (χ3v) is 7.20. The van der Waals surface area contributed by atoms with Crippen LogP contribution in [0.3, 0.4) is 0 Å². The number of carbonyl (C=O) groups excluding carboxylic acids is 1. The largest absolute Gasteiger partial charge is 0.456 e. The average Bonchev–Trinajstić information content (AvgIpc) is 2.72. The molecule has 0 aliphatic carbocycles. The lowest BCUT2D eigenvalue weighted by Crippen LogP contribution is -2.52. The van der Waals surface area contributed by atoms with E-state index in [0.717, 1.165) is 11.1 Å². The van der Waals surface area contributed by atoms with Crippen molar-refractivity contribution in [1.29, 1.82) is 5.26 Å².